The van der Waals surface area contributed by atoms with E-state index in [2.05, 4.69) is 70.9 Å². The van der Waals surface area contributed by atoms with Gasteiger partial charge in [-0.3, -0.25) is 0 Å². The summed E-state index contributed by atoms with van der Waals surface area (Å²) in [6.07, 6.45) is 4.23. The van der Waals surface area contributed by atoms with E-state index in [0.717, 1.165) is 4.47 Å². The Labute approximate surface area is 119 Å². The topological polar surface area (TPSA) is 0 Å². The minimum absolute atomic E-state index is 1.12. The van der Waals surface area contributed by atoms with Crippen LogP contribution in [0.25, 0.3) is 11.1 Å². The van der Waals surface area contributed by atoms with E-state index in [0.29, 0.717) is 0 Å². The van der Waals surface area contributed by atoms with Gasteiger partial charge in [0.1, 0.15) is 0 Å². The van der Waals surface area contributed by atoms with Crippen molar-refractivity contribution in [3.05, 3.63) is 46.9 Å². The number of hydrogen-bond acceptors (Lipinski definition) is 2. The van der Waals surface area contributed by atoms with Crippen LogP contribution in [0, 0.1) is 0 Å². The van der Waals surface area contributed by atoms with Crippen LogP contribution in [0.4, 0.5) is 0 Å². The lowest BCUT2D eigenvalue weighted by Gasteiger charge is -2.09. The van der Waals surface area contributed by atoms with Crippen molar-refractivity contribution in [1.29, 1.82) is 0 Å². The molecule has 0 nitrogen and oxygen atoms in total. The van der Waals surface area contributed by atoms with Crippen LogP contribution in [-0.4, -0.2) is 12.5 Å². The van der Waals surface area contributed by atoms with Gasteiger partial charge in [-0.05, 0) is 54.0 Å². The first kappa shape index (κ1) is 13.1. The van der Waals surface area contributed by atoms with Crippen LogP contribution in [0.5, 0.6) is 0 Å². The van der Waals surface area contributed by atoms with Gasteiger partial charge in [0.25, 0.3) is 0 Å². The number of thioether (sulfide) groups is 2. The third-order valence-corrected chi connectivity index (χ3v) is 4.61. The first-order valence-electron chi connectivity index (χ1n) is 5.22. The molecule has 0 radical (unpaired) electrons. The molecule has 3 heteroatoms. The normalized spacial score (nSPS) is 10.5. The molecule has 0 heterocycles. The predicted octanol–water partition coefficient (Wildman–Crippen LogP) is 5.56. The molecule has 0 N–H and O–H groups in total. The van der Waals surface area contributed by atoms with Crippen LogP contribution in [0.2, 0.25) is 0 Å². The zero-order chi connectivity index (χ0) is 12.3. The monoisotopic (exact) mass is 324 g/mol. The predicted molar refractivity (Wildman–Crippen MR) is 83.1 cm³/mol. The number of hydrogen-bond donors (Lipinski definition) is 0. The van der Waals surface area contributed by atoms with E-state index in [9.17, 15) is 0 Å². The van der Waals surface area contributed by atoms with Crippen LogP contribution >= 0.6 is 39.5 Å². The van der Waals surface area contributed by atoms with Crippen LogP contribution in [-0.2, 0) is 0 Å². The Morgan fingerprint density at radius 3 is 2.18 bits per heavy atom. The Kier molecular flexibility index (Phi) is 4.60. The van der Waals surface area contributed by atoms with E-state index in [-0.39, 0.29) is 0 Å². The van der Waals surface area contributed by atoms with Gasteiger partial charge in [-0.15, -0.1) is 23.5 Å². The van der Waals surface area contributed by atoms with Crippen LogP contribution in [0.15, 0.2) is 56.7 Å². The van der Waals surface area contributed by atoms with Crippen molar-refractivity contribution in [3.8, 4) is 11.1 Å². The van der Waals surface area contributed by atoms with Gasteiger partial charge in [-0.25, -0.2) is 0 Å². The second kappa shape index (κ2) is 5.98. The Morgan fingerprint density at radius 2 is 1.59 bits per heavy atom. The van der Waals surface area contributed by atoms with E-state index in [1.807, 2.05) is 0 Å². The van der Waals surface area contributed by atoms with Gasteiger partial charge < -0.3 is 0 Å². The molecule has 0 unspecified atom stereocenters. The average Bonchev–Trinajstić information content (AvgIpc) is 2.39. The summed E-state index contributed by atoms with van der Waals surface area (Å²) in [6, 6.07) is 15.1. The molecule has 2 rings (SSSR count). The molecule has 0 aliphatic rings. The minimum atomic E-state index is 1.12. The molecule has 0 aliphatic heterocycles. The maximum atomic E-state index is 3.47. The molecule has 2 aromatic carbocycles. The van der Waals surface area contributed by atoms with Gasteiger partial charge in [-0.2, -0.15) is 0 Å². The Morgan fingerprint density at radius 1 is 0.882 bits per heavy atom. The molecule has 0 aliphatic carbocycles. The van der Waals surface area contributed by atoms with Crippen LogP contribution < -0.4 is 0 Å². The molecule has 88 valence electrons. The van der Waals surface area contributed by atoms with Gasteiger partial charge in [0.15, 0.2) is 0 Å². The molecule has 0 atom stereocenters. The molecular formula is C14H13BrS2. The van der Waals surface area contributed by atoms with Gasteiger partial charge in [0, 0.05) is 14.3 Å². The Bertz CT molecular complexity index is 506. The van der Waals surface area contributed by atoms with E-state index < -0.39 is 0 Å². The molecule has 0 aromatic heterocycles. The molecule has 0 saturated carbocycles. The summed E-state index contributed by atoms with van der Waals surface area (Å²) < 4.78 is 1.12. The molecule has 17 heavy (non-hydrogen) atoms. The number of halogens is 1. The van der Waals surface area contributed by atoms with E-state index in [4.69, 9.17) is 0 Å². The van der Waals surface area contributed by atoms with Crippen molar-refractivity contribution < 1.29 is 0 Å². The van der Waals surface area contributed by atoms with Crippen molar-refractivity contribution in [2.24, 2.45) is 0 Å². The van der Waals surface area contributed by atoms with Gasteiger partial charge in [0.05, 0.1) is 0 Å². The highest BCUT2D eigenvalue weighted by Gasteiger charge is 2.05. The SMILES string of the molecule is CSc1ccc(SC)c(-c2ccc(Br)cc2)c1. The molecule has 0 saturated heterocycles. The first-order valence-corrected chi connectivity index (χ1v) is 8.47. The summed E-state index contributed by atoms with van der Waals surface area (Å²) in [7, 11) is 0. The fourth-order valence-corrected chi connectivity index (χ4v) is 2.97. The molecule has 0 spiro atoms. The largest absolute Gasteiger partial charge is 0.130 e. The third kappa shape index (κ3) is 3.09. The zero-order valence-corrected chi connectivity index (χ0v) is 13.0. The van der Waals surface area contributed by atoms with Crippen molar-refractivity contribution in [3.63, 3.8) is 0 Å². The Hall–Kier alpha value is -0.380. The summed E-state index contributed by atoms with van der Waals surface area (Å²) >= 11 is 7.05. The number of benzene rings is 2. The fraction of sp³-hybridized carbons (Fsp3) is 0.143. The average molecular weight is 325 g/mol. The molecule has 0 amide bonds. The summed E-state index contributed by atoms with van der Waals surface area (Å²) in [5.41, 5.74) is 2.59. The maximum Gasteiger partial charge on any atom is 0.0175 e. The molecule has 0 fully saturated rings. The van der Waals surface area contributed by atoms with Gasteiger partial charge in [-0.1, -0.05) is 28.1 Å². The fourth-order valence-electron chi connectivity index (χ4n) is 1.67. The summed E-state index contributed by atoms with van der Waals surface area (Å²) in [5.74, 6) is 0. The summed E-state index contributed by atoms with van der Waals surface area (Å²) in [4.78, 5) is 2.63. The van der Waals surface area contributed by atoms with Crippen LogP contribution in [0.3, 0.4) is 0 Å². The van der Waals surface area contributed by atoms with Crippen LogP contribution in [0.1, 0.15) is 0 Å². The van der Waals surface area contributed by atoms with Crippen molar-refractivity contribution in [2.75, 3.05) is 12.5 Å². The van der Waals surface area contributed by atoms with Crippen molar-refractivity contribution >= 4 is 39.5 Å². The van der Waals surface area contributed by atoms with Gasteiger partial charge >= 0.3 is 0 Å². The van der Waals surface area contributed by atoms with Gasteiger partial charge in [0.2, 0.25) is 0 Å². The maximum absolute atomic E-state index is 3.47. The standard InChI is InChI=1S/C14H13BrS2/c1-16-12-7-8-14(17-2)13(9-12)10-3-5-11(15)6-4-10/h3-9H,1-2H3. The minimum Gasteiger partial charge on any atom is -0.130 e. The molecule has 0 bridgehead atoms. The second-order valence-corrected chi connectivity index (χ2v) is 6.22. The lowest BCUT2D eigenvalue weighted by Crippen LogP contribution is -1.83. The third-order valence-electron chi connectivity index (χ3n) is 2.56. The summed E-state index contributed by atoms with van der Waals surface area (Å²) in [5, 5.41) is 0. The highest BCUT2D eigenvalue weighted by Crippen LogP contribution is 2.33. The highest BCUT2D eigenvalue weighted by molar-refractivity contribution is 9.10. The quantitative estimate of drug-likeness (QED) is 0.678. The second-order valence-electron chi connectivity index (χ2n) is 3.57. The highest BCUT2D eigenvalue weighted by atomic mass is 79.9. The van der Waals surface area contributed by atoms with E-state index in [1.54, 1.807) is 23.5 Å². The van der Waals surface area contributed by atoms with E-state index in [1.165, 1.54) is 20.9 Å². The van der Waals surface area contributed by atoms with E-state index >= 15 is 0 Å². The van der Waals surface area contributed by atoms with Crippen molar-refractivity contribution in [1.82, 2.24) is 0 Å². The smallest absolute Gasteiger partial charge is 0.0175 e. The molecule has 2 aromatic rings. The number of rotatable bonds is 3. The summed E-state index contributed by atoms with van der Waals surface area (Å²) in [6.45, 7) is 0. The zero-order valence-electron chi connectivity index (χ0n) is 9.74. The lowest BCUT2D eigenvalue weighted by atomic mass is 10.1. The first-order chi connectivity index (χ1) is 8.24. The lowest BCUT2D eigenvalue weighted by molar-refractivity contribution is 1.35. The van der Waals surface area contributed by atoms with Crippen molar-refractivity contribution in [2.45, 2.75) is 9.79 Å². The Balaban J connectivity index is 2.51. The molecular weight excluding hydrogens is 312 g/mol.